The highest BCUT2D eigenvalue weighted by Gasteiger charge is 2.16. The molecule has 0 bridgehead atoms. The van der Waals surface area contributed by atoms with Gasteiger partial charge < -0.3 is 25.4 Å². The first-order valence-electron chi connectivity index (χ1n) is 9.50. The summed E-state index contributed by atoms with van der Waals surface area (Å²) in [4.78, 5) is 8.13. The van der Waals surface area contributed by atoms with E-state index in [-0.39, 0.29) is 11.8 Å². The van der Waals surface area contributed by atoms with Crippen molar-refractivity contribution in [2.75, 3.05) is 44.0 Å². The van der Waals surface area contributed by atoms with E-state index < -0.39 is 5.60 Å². The van der Waals surface area contributed by atoms with E-state index >= 15 is 0 Å². The molecule has 1 fully saturated rings. The maximum absolute atomic E-state index is 8.84. The van der Waals surface area contributed by atoms with E-state index in [1.165, 1.54) is 12.4 Å². The third-order valence-electron chi connectivity index (χ3n) is 4.33. The molecule has 2 aromatic rings. The van der Waals surface area contributed by atoms with Crippen molar-refractivity contribution < 1.29 is 9.47 Å². The van der Waals surface area contributed by atoms with Crippen molar-refractivity contribution in [1.29, 1.82) is 5.26 Å². The van der Waals surface area contributed by atoms with Crippen LogP contribution in [0.1, 0.15) is 25.2 Å². The summed E-state index contributed by atoms with van der Waals surface area (Å²) in [5, 5.41) is 27.0. The van der Waals surface area contributed by atoms with Crippen molar-refractivity contribution in [2.45, 2.75) is 25.6 Å². The molecule has 1 saturated heterocycles. The fourth-order valence-corrected chi connectivity index (χ4v) is 2.50. The number of hydrogen-bond donors (Lipinski definition) is 3. The molecule has 0 unspecified atom stereocenters. The van der Waals surface area contributed by atoms with Crippen molar-refractivity contribution in [3.05, 3.63) is 29.8 Å². The molecule has 0 saturated carbocycles. The molecule has 3 rings (SSSR count). The second-order valence-electron chi connectivity index (χ2n) is 7.06. The van der Waals surface area contributed by atoms with E-state index in [9.17, 15) is 0 Å². The fraction of sp³-hybridized carbons (Fsp3) is 0.450. The lowest BCUT2D eigenvalue weighted by Crippen LogP contribution is -2.42. The summed E-state index contributed by atoms with van der Waals surface area (Å²) in [6, 6.07) is 3.73. The van der Waals surface area contributed by atoms with Gasteiger partial charge in [0.15, 0.2) is 17.2 Å². The van der Waals surface area contributed by atoms with Crippen LogP contribution < -0.4 is 16.0 Å². The molecule has 1 atom stereocenters. The molecule has 10 nitrogen and oxygen atoms in total. The number of aromatic nitrogens is 4. The van der Waals surface area contributed by atoms with Gasteiger partial charge in [0.2, 0.25) is 0 Å². The number of hydrogen-bond acceptors (Lipinski definition) is 10. The van der Waals surface area contributed by atoms with Crippen LogP contribution in [-0.4, -0.2) is 65.2 Å². The summed E-state index contributed by atoms with van der Waals surface area (Å²) >= 11 is 0. The predicted octanol–water partition coefficient (Wildman–Crippen LogP) is 1.06. The normalized spacial score (nSPS) is 16.1. The first-order valence-corrected chi connectivity index (χ1v) is 9.50. The summed E-state index contributed by atoms with van der Waals surface area (Å²) in [5.41, 5.74) is 0.842. The Labute approximate surface area is 175 Å². The Morgan fingerprint density at radius 3 is 2.83 bits per heavy atom. The largest absolute Gasteiger partial charge is 0.380 e. The van der Waals surface area contributed by atoms with Gasteiger partial charge in [0.25, 0.3) is 0 Å². The monoisotopic (exact) mass is 408 g/mol. The van der Waals surface area contributed by atoms with Gasteiger partial charge in [0, 0.05) is 32.8 Å². The molecule has 3 heterocycles. The zero-order chi connectivity index (χ0) is 21.4. The number of nitrogens with zero attached hydrogens (tertiary/aromatic N) is 5. The highest BCUT2D eigenvalue weighted by molar-refractivity contribution is 5.63. The molecule has 0 aromatic carbocycles. The Hall–Kier alpha value is -3.31. The minimum absolute atomic E-state index is 0.0453. The lowest BCUT2D eigenvalue weighted by atomic mass is 10.1. The molecule has 30 heavy (non-hydrogen) atoms. The lowest BCUT2D eigenvalue weighted by molar-refractivity contribution is 0.0372. The van der Waals surface area contributed by atoms with E-state index in [1.54, 1.807) is 13.2 Å². The molecule has 156 valence electrons. The molecule has 0 spiro atoms. The molecule has 3 N–H and O–H groups in total. The molecule has 2 aromatic heterocycles. The maximum Gasteiger partial charge on any atom is 0.159 e. The number of nitrogens with one attached hydrogen (secondary N) is 3. The van der Waals surface area contributed by atoms with Gasteiger partial charge in [-0.1, -0.05) is 5.92 Å². The Balaban J connectivity index is 1.81. The highest BCUT2D eigenvalue weighted by Crippen LogP contribution is 2.19. The Morgan fingerprint density at radius 1 is 1.30 bits per heavy atom. The predicted molar refractivity (Wildman–Crippen MR) is 111 cm³/mol. The van der Waals surface area contributed by atoms with Crippen LogP contribution in [0.25, 0.3) is 0 Å². The molecule has 1 aliphatic rings. The second kappa shape index (κ2) is 9.94. The van der Waals surface area contributed by atoms with E-state index in [2.05, 4.69) is 48.0 Å². The van der Waals surface area contributed by atoms with E-state index in [0.29, 0.717) is 36.2 Å². The Kier molecular flexibility index (Phi) is 7.09. The van der Waals surface area contributed by atoms with Crippen LogP contribution >= 0.6 is 0 Å². The van der Waals surface area contributed by atoms with Crippen molar-refractivity contribution in [2.24, 2.45) is 0 Å². The van der Waals surface area contributed by atoms with Crippen molar-refractivity contribution in [3.8, 4) is 17.9 Å². The number of anilines is 3. The topological polar surface area (TPSA) is 130 Å². The van der Waals surface area contributed by atoms with Gasteiger partial charge in [-0.15, -0.1) is 10.2 Å². The number of methoxy groups -OCH3 is 1. The molecule has 10 heteroatoms. The number of morpholine rings is 1. The van der Waals surface area contributed by atoms with Crippen LogP contribution in [0.4, 0.5) is 17.3 Å². The van der Waals surface area contributed by atoms with Crippen molar-refractivity contribution in [3.63, 3.8) is 0 Å². The van der Waals surface area contributed by atoms with Gasteiger partial charge in [-0.2, -0.15) is 5.26 Å². The van der Waals surface area contributed by atoms with Crippen LogP contribution in [0.5, 0.6) is 0 Å². The fourth-order valence-electron chi connectivity index (χ4n) is 2.50. The average Bonchev–Trinajstić information content (AvgIpc) is 2.78. The highest BCUT2D eigenvalue weighted by atomic mass is 16.5. The first-order chi connectivity index (χ1) is 14.5. The van der Waals surface area contributed by atoms with Gasteiger partial charge >= 0.3 is 0 Å². The van der Waals surface area contributed by atoms with Gasteiger partial charge in [-0.25, -0.2) is 9.97 Å². The summed E-state index contributed by atoms with van der Waals surface area (Å²) in [7, 11) is 1.61. The quantitative estimate of drug-likeness (QED) is 0.596. The summed E-state index contributed by atoms with van der Waals surface area (Å²) in [6.07, 6.45) is 2.89. The minimum atomic E-state index is -0.607. The van der Waals surface area contributed by atoms with Crippen LogP contribution in [-0.2, 0) is 9.47 Å². The molecule has 0 aliphatic carbocycles. The van der Waals surface area contributed by atoms with Crippen LogP contribution in [0, 0.1) is 23.2 Å². The van der Waals surface area contributed by atoms with Crippen LogP contribution in [0.15, 0.2) is 18.5 Å². The number of rotatable bonds is 6. The molecule has 0 radical (unpaired) electrons. The zero-order valence-corrected chi connectivity index (χ0v) is 17.2. The van der Waals surface area contributed by atoms with E-state index in [1.807, 2.05) is 19.9 Å². The third kappa shape index (κ3) is 6.09. The van der Waals surface area contributed by atoms with E-state index in [4.69, 9.17) is 14.7 Å². The zero-order valence-electron chi connectivity index (χ0n) is 17.2. The summed E-state index contributed by atoms with van der Waals surface area (Å²) in [6.45, 7) is 6.66. The third-order valence-corrected chi connectivity index (χ3v) is 4.33. The SMILES string of the molecule is COC(C)(C)C#Cc1nnc(Nc2cnc(C#N)cn2)cc1NC[C@@H]1CNCCO1. The Morgan fingerprint density at radius 2 is 2.17 bits per heavy atom. The molecule has 0 amide bonds. The summed E-state index contributed by atoms with van der Waals surface area (Å²) in [5.74, 6) is 7.01. The second-order valence-corrected chi connectivity index (χ2v) is 7.06. The van der Waals surface area contributed by atoms with Gasteiger partial charge in [0.1, 0.15) is 17.5 Å². The molecular weight excluding hydrogens is 384 g/mol. The maximum atomic E-state index is 8.84. The van der Waals surface area contributed by atoms with Gasteiger partial charge in [-0.3, -0.25) is 0 Å². The lowest BCUT2D eigenvalue weighted by Gasteiger charge is -2.24. The minimum Gasteiger partial charge on any atom is -0.380 e. The molecular formula is C20H24N8O2. The first kappa shape index (κ1) is 21.4. The molecule has 1 aliphatic heterocycles. The summed E-state index contributed by atoms with van der Waals surface area (Å²) < 4.78 is 11.1. The number of ether oxygens (including phenoxy) is 2. The number of nitriles is 1. The van der Waals surface area contributed by atoms with E-state index in [0.717, 1.165) is 13.1 Å². The Bertz CT molecular complexity index is 953. The van der Waals surface area contributed by atoms with Crippen molar-refractivity contribution in [1.82, 2.24) is 25.5 Å². The average molecular weight is 408 g/mol. The van der Waals surface area contributed by atoms with Gasteiger partial charge in [0.05, 0.1) is 30.8 Å². The van der Waals surface area contributed by atoms with Crippen LogP contribution in [0.3, 0.4) is 0 Å². The standard InChI is InChI=1S/C20H24N8O2/c1-20(2,29-3)5-4-16-17(24-12-15-11-22-6-7-30-15)8-18(28-27-16)26-19-13-23-14(9-21)10-25-19/h8,10,13,15,22H,6-7,11-12H2,1-3H3,(H2,24,25,26,28)/t15-/m0/s1. The van der Waals surface area contributed by atoms with Crippen molar-refractivity contribution >= 4 is 17.3 Å². The van der Waals surface area contributed by atoms with Gasteiger partial charge in [-0.05, 0) is 19.8 Å². The smallest absolute Gasteiger partial charge is 0.159 e. The van der Waals surface area contributed by atoms with Crippen LogP contribution in [0.2, 0.25) is 0 Å².